The van der Waals surface area contributed by atoms with E-state index in [9.17, 15) is 13.2 Å². The molecule has 0 radical (unpaired) electrons. The third-order valence-electron chi connectivity index (χ3n) is 4.27. The van der Waals surface area contributed by atoms with Crippen LogP contribution < -0.4 is 19.5 Å². The molecule has 0 aliphatic carbocycles. The number of thioether (sulfide) groups is 1. The average molecular weight is 537 g/mol. The maximum atomic E-state index is 12.5. The number of hydrogen-bond donors (Lipinski definition) is 2. The summed E-state index contributed by atoms with van der Waals surface area (Å²) >= 11 is 4.66. The molecular formula is C22H21BrN2O5S2. The van der Waals surface area contributed by atoms with Crippen LogP contribution in [-0.4, -0.2) is 34.3 Å². The lowest BCUT2D eigenvalue weighted by atomic mass is 10.3. The van der Waals surface area contributed by atoms with Crippen molar-refractivity contribution in [3.63, 3.8) is 0 Å². The molecule has 32 heavy (non-hydrogen) atoms. The molecule has 168 valence electrons. The Hall–Kier alpha value is -2.69. The Morgan fingerprint density at radius 1 is 0.906 bits per heavy atom. The number of amides is 1. The van der Waals surface area contributed by atoms with Gasteiger partial charge in [0.2, 0.25) is 5.91 Å². The second-order valence-electron chi connectivity index (χ2n) is 6.49. The van der Waals surface area contributed by atoms with Crippen molar-refractivity contribution in [2.75, 3.05) is 30.0 Å². The predicted molar refractivity (Wildman–Crippen MR) is 130 cm³/mol. The van der Waals surface area contributed by atoms with Crippen LogP contribution in [0, 0.1) is 0 Å². The fourth-order valence-corrected chi connectivity index (χ4v) is 4.75. The first-order chi connectivity index (χ1) is 15.3. The molecule has 0 saturated heterocycles. The molecule has 0 bridgehead atoms. The first-order valence-corrected chi connectivity index (χ1v) is 12.6. The monoisotopic (exact) mass is 536 g/mol. The molecule has 10 heteroatoms. The van der Waals surface area contributed by atoms with Crippen molar-refractivity contribution in [1.82, 2.24) is 0 Å². The van der Waals surface area contributed by atoms with E-state index < -0.39 is 10.0 Å². The highest BCUT2D eigenvalue weighted by Gasteiger charge is 2.14. The largest absolute Gasteiger partial charge is 0.493 e. The van der Waals surface area contributed by atoms with Gasteiger partial charge in [-0.25, -0.2) is 8.42 Å². The molecule has 7 nitrogen and oxygen atoms in total. The van der Waals surface area contributed by atoms with E-state index in [1.165, 1.54) is 23.9 Å². The quantitative estimate of drug-likeness (QED) is 0.374. The van der Waals surface area contributed by atoms with Crippen LogP contribution in [0.3, 0.4) is 0 Å². The third-order valence-corrected chi connectivity index (χ3v) is 7.19. The normalized spacial score (nSPS) is 11.0. The number of anilines is 2. The summed E-state index contributed by atoms with van der Waals surface area (Å²) in [5.41, 5.74) is 0.961. The van der Waals surface area contributed by atoms with Crippen molar-refractivity contribution < 1.29 is 22.7 Å². The van der Waals surface area contributed by atoms with E-state index in [1.54, 1.807) is 62.8 Å². The van der Waals surface area contributed by atoms with Gasteiger partial charge in [-0.05, 0) is 66.7 Å². The molecule has 0 aliphatic heterocycles. The van der Waals surface area contributed by atoms with E-state index in [2.05, 4.69) is 26.0 Å². The standard InChI is InChI=1S/C22H21BrN2O5S2/c1-29-20-12-9-18(13-21(20)30-2)31-14-22(26)24-16-7-10-19(11-8-16)32(27,28)25-17-5-3-15(23)4-6-17/h3-13,25H,14H2,1-2H3,(H,24,26). The zero-order chi connectivity index (χ0) is 23.1. The van der Waals surface area contributed by atoms with Crippen LogP contribution in [0.1, 0.15) is 0 Å². The fourth-order valence-electron chi connectivity index (χ4n) is 2.70. The summed E-state index contributed by atoms with van der Waals surface area (Å²) in [6, 6.07) is 18.2. The Morgan fingerprint density at radius 3 is 2.16 bits per heavy atom. The van der Waals surface area contributed by atoms with Crippen molar-refractivity contribution in [3.8, 4) is 11.5 Å². The molecule has 0 aliphatic rings. The molecule has 3 rings (SSSR count). The van der Waals surface area contributed by atoms with E-state index in [4.69, 9.17) is 9.47 Å². The summed E-state index contributed by atoms with van der Waals surface area (Å²) in [5.74, 6) is 1.17. The van der Waals surface area contributed by atoms with Gasteiger partial charge in [0.15, 0.2) is 11.5 Å². The summed E-state index contributed by atoms with van der Waals surface area (Å²) in [5, 5.41) is 2.76. The Kier molecular flexibility index (Phi) is 8.05. The van der Waals surface area contributed by atoms with Gasteiger partial charge in [0.05, 0.1) is 24.9 Å². The molecule has 0 fully saturated rings. The topological polar surface area (TPSA) is 93.7 Å². The minimum Gasteiger partial charge on any atom is -0.493 e. The Bertz CT molecular complexity index is 1180. The number of benzene rings is 3. The third kappa shape index (κ3) is 6.41. The van der Waals surface area contributed by atoms with Gasteiger partial charge in [0.1, 0.15) is 0 Å². The van der Waals surface area contributed by atoms with Crippen molar-refractivity contribution in [2.45, 2.75) is 9.79 Å². The zero-order valence-electron chi connectivity index (χ0n) is 17.3. The molecule has 2 N–H and O–H groups in total. The second kappa shape index (κ2) is 10.8. The van der Waals surface area contributed by atoms with Gasteiger partial charge in [-0.2, -0.15) is 0 Å². The predicted octanol–water partition coefficient (Wildman–Crippen LogP) is 5.00. The highest BCUT2D eigenvalue weighted by molar-refractivity contribution is 9.10. The first-order valence-electron chi connectivity index (χ1n) is 9.34. The average Bonchev–Trinajstić information content (AvgIpc) is 2.79. The molecule has 0 aromatic heterocycles. The van der Waals surface area contributed by atoms with Gasteiger partial charge in [-0.1, -0.05) is 15.9 Å². The van der Waals surface area contributed by atoms with Crippen LogP contribution in [0.5, 0.6) is 11.5 Å². The van der Waals surface area contributed by atoms with Gasteiger partial charge in [-0.15, -0.1) is 11.8 Å². The SMILES string of the molecule is COc1ccc(SCC(=O)Nc2ccc(S(=O)(=O)Nc3ccc(Br)cc3)cc2)cc1OC. The van der Waals surface area contributed by atoms with E-state index in [1.807, 2.05) is 6.07 Å². The summed E-state index contributed by atoms with van der Waals surface area (Å²) in [4.78, 5) is 13.2. The molecule has 3 aromatic carbocycles. The van der Waals surface area contributed by atoms with E-state index in [0.29, 0.717) is 22.9 Å². The maximum absolute atomic E-state index is 12.5. The summed E-state index contributed by atoms with van der Waals surface area (Å²) in [6.07, 6.45) is 0. The lowest BCUT2D eigenvalue weighted by Gasteiger charge is -2.10. The van der Waals surface area contributed by atoms with Crippen LogP contribution in [-0.2, 0) is 14.8 Å². The molecule has 1 amide bonds. The molecule has 0 unspecified atom stereocenters. The van der Waals surface area contributed by atoms with Crippen LogP contribution >= 0.6 is 27.7 Å². The van der Waals surface area contributed by atoms with Crippen molar-refractivity contribution in [2.24, 2.45) is 0 Å². The van der Waals surface area contributed by atoms with Crippen LogP contribution in [0.15, 0.2) is 81.0 Å². The first kappa shape index (κ1) is 24.0. The molecule has 0 atom stereocenters. The lowest BCUT2D eigenvalue weighted by molar-refractivity contribution is -0.113. The molecular weight excluding hydrogens is 516 g/mol. The van der Waals surface area contributed by atoms with Crippen molar-refractivity contribution in [3.05, 3.63) is 71.2 Å². The summed E-state index contributed by atoms with van der Waals surface area (Å²) in [6.45, 7) is 0. The Morgan fingerprint density at radius 2 is 1.53 bits per heavy atom. The Labute approximate surface area is 199 Å². The van der Waals surface area contributed by atoms with E-state index >= 15 is 0 Å². The zero-order valence-corrected chi connectivity index (χ0v) is 20.5. The highest BCUT2D eigenvalue weighted by atomic mass is 79.9. The summed E-state index contributed by atoms with van der Waals surface area (Å²) < 4.78 is 38.9. The maximum Gasteiger partial charge on any atom is 0.261 e. The lowest BCUT2D eigenvalue weighted by Crippen LogP contribution is -2.15. The minimum atomic E-state index is -3.73. The minimum absolute atomic E-state index is 0.0955. The molecule has 3 aromatic rings. The summed E-state index contributed by atoms with van der Waals surface area (Å²) in [7, 11) is -0.620. The van der Waals surface area contributed by atoms with E-state index in [-0.39, 0.29) is 16.6 Å². The number of rotatable bonds is 9. The van der Waals surface area contributed by atoms with Gasteiger partial charge in [-0.3, -0.25) is 9.52 Å². The number of methoxy groups -OCH3 is 2. The van der Waals surface area contributed by atoms with Crippen molar-refractivity contribution >= 4 is 55.0 Å². The van der Waals surface area contributed by atoms with Crippen LogP contribution in [0.2, 0.25) is 0 Å². The number of carbonyl (C=O) groups excluding carboxylic acids is 1. The molecule has 0 saturated carbocycles. The highest BCUT2D eigenvalue weighted by Crippen LogP contribution is 2.32. The molecule has 0 heterocycles. The van der Waals surface area contributed by atoms with Gasteiger partial charge >= 0.3 is 0 Å². The number of halogens is 1. The van der Waals surface area contributed by atoms with Gasteiger partial charge in [0.25, 0.3) is 10.0 Å². The van der Waals surface area contributed by atoms with Crippen LogP contribution in [0.25, 0.3) is 0 Å². The Balaban J connectivity index is 1.58. The number of hydrogen-bond acceptors (Lipinski definition) is 6. The van der Waals surface area contributed by atoms with Crippen molar-refractivity contribution in [1.29, 1.82) is 0 Å². The second-order valence-corrected chi connectivity index (χ2v) is 10.1. The number of ether oxygens (including phenoxy) is 2. The van der Waals surface area contributed by atoms with Crippen LogP contribution in [0.4, 0.5) is 11.4 Å². The van der Waals surface area contributed by atoms with Gasteiger partial charge < -0.3 is 14.8 Å². The number of nitrogens with one attached hydrogen (secondary N) is 2. The van der Waals surface area contributed by atoms with Gasteiger partial charge in [0, 0.05) is 20.7 Å². The number of sulfonamides is 1. The van der Waals surface area contributed by atoms with E-state index in [0.717, 1.165) is 9.37 Å². The number of carbonyl (C=O) groups is 1. The molecule has 0 spiro atoms. The smallest absolute Gasteiger partial charge is 0.261 e. The fraction of sp³-hybridized carbons (Fsp3) is 0.136.